The predicted octanol–water partition coefficient (Wildman–Crippen LogP) is 3.82. The largest absolute Gasteiger partial charge is 0.495 e. The van der Waals surface area contributed by atoms with Gasteiger partial charge in [-0.05, 0) is 36.1 Å². The Bertz CT molecular complexity index is 1280. The second-order valence-electron chi connectivity index (χ2n) is 8.53. The minimum atomic E-state index is -3.89. The third-order valence-corrected chi connectivity index (χ3v) is 7.68. The highest BCUT2D eigenvalue weighted by atomic mass is 32.2. The second kappa shape index (κ2) is 9.55. The molecule has 2 aromatic carbocycles. The van der Waals surface area contributed by atoms with Crippen LogP contribution in [0.25, 0.3) is 11.4 Å². The maximum absolute atomic E-state index is 13.3. The van der Waals surface area contributed by atoms with E-state index in [1.165, 1.54) is 31.9 Å². The standard InChI is InChI=1S/C24H28N4O5S/c1-16(2)17-7-9-18(10-8-17)24-25-22(33-26-24)15-27(3)34(30,31)19-11-12-21(32-4)20(14-19)28-13-5-6-23(28)29/h7-12,14,16H,5-6,13,15H2,1-4H3. The summed E-state index contributed by atoms with van der Waals surface area (Å²) in [6.45, 7) is 4.67. The van der Waals surface area contributed by atoms with E-state index in [9.17, 15) is 13.2 Å². The van der Waals surface area contributed by atoms with E-state index in [-0.39, 0.29) is 23.2 Å². The molecule has 0 aliphatic carbocycles. The van der Waals surface area contributed by atoms with Gasteiger partial charge in [-0.2, -0.15) is 9.29 Å². The van der Waals surface area contributed by atoms with Crippen LogP contribution in [-0.4, -0.2) is 49.5 Å². The molecule has 9 nitrogen and oxygen atoms in total. The number of aromatic nitrogens is 2. The number of sulfonamides is 1. The molecule has 10 heteroatoms. The van der Waals surface area contributed by atoms with Crippen LogP contribution in [0.4, 0.5) is 5.69 Å². The van der Waals surface area contributed by atoms with Crippen molar-refractivity contribution in [3.05, 3.63) is 53.9 Å². The van der Waals surface area contributed by atoms with Crippen molar-refractivity contribution in [1.29, 1.82) is 0 Å². The van der Waals surface area contributed by atoms with Gasteiger partial charge in [0.05, 0.1) is 24.2 Å². The summed E-state index contributed by atoms with van der Waals surface area (Å²) in [6.07, 6.45) is 1.15. The Kier molecular flexibility index (Phi) is 6.72. The molecule has 0 unspecified atom stereocenters. The summed E-state index contributed by atoms with van der Waals surface area (Å²) in [5, 5.41) is 4.00. The molecule has 1 aliphatic heterocycles. The zero-order valence-electron chi connectivity index (χ0n) is 19.7. The lowest BCUT2D eigenvalue weighted by Crippen LogP contribution is -2.28. The van der Waals surface area contributed by atoms with E-state index in [0.717, 1.165) is 16.3 Å². The van der Waals surface area contributed by atoms with E-state index in [0.29, 0.717) is 36.1 Å². The van der Waals surface area contributed by atoms with Crippen LogP contribution in [0.1, 0.15) is 44.1 Å². The molecule has 0 N–H and O–H groups in total. The van der Waals surface area contributed by atoms with Gasteiger partial charge >= 0.3 is 0 Å². The SMILES string of the molecule is COc1ccc(S(=O)(=O)N(C)Cc2nc(-c3ccc(C(C)C)cc3)no2)cc1N1CCCC1=O. The van der Waals surface area contributed by atoms with Crippen LogP contribution >= 0.6 is 0 Å². The van der Waals surface area contributed by atoms with Crippen LogP contribution < -0.4 is 9.64 Å². The quantitative estimate of drug-likeness (QED) is 0.478. The molecule has 0 radical (unpaired) electrons. The van der Waals surface area contributed by atoms with Gasteiger partial charge in [0.1, 0.15) is 5.75 Å². The van der Waals surface area contributed by atoms with Crippen molar-refractivity contribution in [3.63, 3.8) is 0 Å². The molecule has 1 aromatic heterocycles. The lowest BCUT2D eigenvalue weighted by Gasteiger charge is -2.21. The monoisotopic (exact) mass is 484 g/mol. The number of carbonyl (C=O) groups excluding carboxylic acids is 1. The normalized spacial score (nSPS) is 14.4. The van der Waals surface area contributed by atoms with E-state index < -0.39 is 10.0 Å². The average molecular weight is 485 g/mol. The van der Waals surface area contributed by atoms with Crippen LogP contribution in [0.15, 0.2) is 51.9 Å². The summed E-state index contributed by atoms with van der Waals surface area (Å²) in [4.78, 5) is 18.2. The summed E-state index contributed by atoms with van der Waals surface area (Å²) in [6, 6.07) is 12.4. The van der Waals surface area contributed by atoms with Crippen molar-refractivity contribution in [2.75, 3.05) is 25.6 Å². The van der Waals surface area contributed by atoms with E-state index in [4.69, 9.17) is 9.26 Å². The molecular formula is C24H28N4O5S. The number of ether oxygens (including phenoxy) is 1. The Morgan fingerprint density at radius 2 is 1.91 bits per heavy atom. The highest BCUT2D eigenvalue weighted by Gasteiger charge is 2.29. The van der Waals surface area contributed by atoms with Crippen molar-refractivity contribution >= 4 is 21.6 Å². The fraction of sp³-hybridized carbons (Fsp3) is 0.375. The summed E-state index contributed by atoms with van der Waals surface area (Å²) in [7, 11) is -0.955. The lowest BCUT2D eigenvalue weighted by molar-refractivity contribution is -0.117. The maximum atomic E-state index is 13.3. The Morgan fingerprint density at radius 3 is 2.53 bits per heavy atom. The van der Waals surface area contributed by atoms with Crippen LogP contribution in [0, 0.1) is 0 Å². The molecule has 2 heterocycles. The smallest absolute Gasteiger partial charge is 0.243 e. The van der Waals surface area contributed by atoms with Crippen LogP contribution in [0.3, 0.4) is 0 Å². The number of carbonyl (C=O) groups is 1. The minimum absolute atomic E-state index is 0.0505. The molecule has 1 fully saturated rings. The molecule has 1 aliphatic rings. The first kappa shape index (κ1) is 23.9. The summed E-state index contributed by atoms with van der Waals surface area (Å²) < 4.78 is 38.3. The number of hydrogen-bond acceptors (Lipinski definition) is 7. The molecule has 0 saturated carbocycles. The minimum Gasteiger partial charge on any atom is -0.495 e. The number of rotatable bonds is 8. The molecule has 4 rings (SSSR count). The zero-order chi connectivity index (χ0) is 24.5. The third kappa shape index (κ3) is 4.69. The highest BCUT2D eigenvalue weighted by Crippen LogP contribution is 2.34. The summed E-state index contributed by atoms with van der Waals surface area (Å²) in [5.74, 6) is 1.38. The molecule has 180 valence electrons. The van der Waals surface area contributed by atoms with Gasteiger partial charge < -0.3 is 14.2 Å². The second-order valence-corrected chi connectivity index (χ2v) is 10.6. The van der Waals surface area contributed by atoms with Crippen molar-refractivity contribution < 1.29 is 22.5 Å². The van der Waals surface area contributed by atoms with Crippen LogP contribution in [0.5, 0.6) is 5.75 Å². The lowest BCUT2D eigenvalue weighted by atomic mass is 10.0. The van der Waals surface area contributed by atoms with E-state index >= 15 is 0 Å². The molecular weight excluding hydrogens is 456 g/mol. The van der Waals surface area contributed by atoms with Gasteiger partial charge in [0.25, 0.3) is 0 Å². The fourth-order valence-electron chi connectivity index (χ4n) is 3.85. The molecule has 1 amide bonds. The molecule has 0 spiro atoms. The Morgan fingerprint density at radius 1 is 1.18 bits per heavy atom. The van der Waals surface area contributed by atoms with Gasteiger partial charge in [-0.3, -0.25) is 4.79 Å². The topological polar surface area (TPSA) is 106 Å². The van der Waals surface area contributed by atoms with Crippen molar-refractivity contribution in [2.45, 2.75) is 44.0 Å². The van der Waals surface area contributed by atoms with Gasteiger partial charge in [-0.25, -0.2) is 8.42 Å². The van der Waals surface area contributed by atoms with E-state index in [1.807, 2.05) is 24.3 Å². The first-order chi connectivity index (χ1) is 16.2. The van der Waals surface area contributed by atoms with Gasteiger partial charge in [0.15, 0.2) is 0 Å². The summed E-state index contributed by atoms with van der Waals surface area (Å²) >= 11 is 0. The highest BCUT2D eigenvalue weighted by molar-refractivity contribution is 7.89. The number of methoxy groups -OCH3 is 1. The van der Waals surface area contributed by atoms with Crippen LogP contribution in [0.2, 0.25) is 0 Å². The van der Waals surface area contributed by atoms with Crippen LogP contribution in [-0.2, 0) is 21.4 Å². The maximum Gasteiger partial charge on any atom is 0.243 e. The predicted molar refractivity (Wildman–Crippen MR) is 127 cm³/mol. The van der Waals surface area contributed by atoms with Gasteiger partial charge in [0, 0.05) is 25.6 Å². The molecule has 34 heavy (non-hydrogen) atoms. The third-order valence-electron chi connectivity index (χ3n) is 5.88. The number of hydrogen-bond donors (Lipinski definition) is 0. The zero-order valence-corrected chi connectivity index (χ0v) is 20.5. The van der Waals surface area contributed by atoms with Crippen molar-refractivity contribution in [1.82, 2.24) is 14.4 Å². The first-order valence-electron chi connectivity index (χ1n) is 11.1. The molecule has 0 bridgehead atoms. The van der Waals surface area contributed by atoms with Gasteiger partial charge in [0.2, 0.25) is 27.6 Å². The molecule has 0 atom stereocenters. The van der Waals surface area contributed by atoms with Gasteiger partial charge in [-0.1, -0.05) is 43.3 Å². The first-order valence-corrected chi connectivity index (χ1v) is 12.5. The van der Waals surface area contributed by atoms with Crippen molar-refractivity contribution in [3.8, 4) is 17.1 Å². The number of anilines is 1. The average Bonchev–Trinajstić information content (AvgIpc) is 3.47. The molecule has 1 saturated heterocycles. The Hall–Kier alpha value is -3.24. The Balaban J connectivity index is 1.54. The number of amides is 1. The summed E-state index contributed by atoms with van der Waals surface area (Å²) in [5.41, 5.74) is 2.44. The number of nitrogens with zero attached hydrogens (tertiary/aromatic N) is 4. The van der Waals surface area contributed by atoms with Gasteiger partial charge in [-0.15, -0.1) is 0 Å². The number of benzene rings is 2. The van der Waals surface area contributed by atoms with E-state index in [2.05, 4.69) is 24.0 Å². The fourth-order valence-corrected chi connectivity index (χ4v) is 4.99. The Labute approximate surface area is 199 Å². The van der Waals surface area contributed by atoms with E-state index in [1.54, 1.807) is 11.0 Å². The molecule has 3 aromatic rings. The van der Waals surface area contributed by atoms with Crippen molar-refractivity contribution in [2.24, 2.45) is 0 Å².